The molecule has 0 aliphatic rings. The lowest BCUT2D eigenvalue weighted by atomic mass is 9.96. The van der Waals surface area contributed by atoms with E-state index in [1.807, 2.05) is 18.2 Å². The molecule has 0 atom stereocenters. The number of carboxylic acids is 1. The second-order valence-corrected chi connectivity index (χ2v) is 5.37. The van der Waals surface area contributed by atoms with Gasteiger partial charge < -0.3 is 19.3 Å². The molecule has 5 heteroatoms. The molecule has 0 saturated heterocycles. The first-order chi connectivity index (χ1) is 11.5. The third-order valence-corrected chi connectivity index (χ3v) is 3.83. The van der Waals surface area contributed by atoms with E-state index in [9.17, 15) is 9.90 Å². The maximum atomic E-state index is 11.2. The highest BCUT2D eigenvalue weighted by molar-refractivity contribution is 6.02. The summed E-state index contributed by atoms with van der Waals surface area (Å²) in [6.07, 6.45) is 2.46. The van der Waals surface area contributed by atoms with Gasteiger partial charge in [0.1, 0.15) is 0 Å². The minimum atomic E-state index is -0.950. The average molecular weight is 330 g/mol. The Morgan fingerprint density at radius 2 is 2.04 bits per heavy atom. The Morgan fingerprint density at radius 1 is 1.29 bits per heavy atom. The number of hydrogen-bond acceptors (Lipinski definition) is 4. The molecule has 128 valence electrons. The molecule has 0 aliphatic carbocycles. The summed E-state index contributed by atoms with van der Waals surface area (Å²) >= 11 is 0. The van der Waals surface area contributed by atoms with Gasteiger partial charge in [0.2, 0.25) is 0 Å². The first kappa shape index (κ1) is 17.8. The average Bonchev–Trinajstić information content (AvgIpc) is 2.59. The molecule has 0 aromatic heterocycles. The molecule has 0 fully saturated rings. The van der Waals surface area contributed by atoms with Crippen LogP contribution in [0, 0.1) is 0 Å². The van der Waals surface area contributed by atoms with Crippen molar-refractivity contribution >= 4 is 22.8 Å². The zero-order chi connectivity index (χ0) is 17.7. The minimum Gasteiger partial charge on any atom is -0.493 e. The quantitative estimate of drug-likeness (QED) is 0.616. The standard InChI is InChI=1S/C19H22O5/c1-5-13-7-6-8-15-14(9-12(2)19(20)21)10-16(23-4)18(17(13)15)24-11-22-3/h6-10H,5,11H2,1-4H3,(H,20,21)/b12-9-. The highest BCUT2D eigenvalue weighted by atomic mass is 16.7. The molecule has 2 rings (SSSR count). The Bertz CT molecular complexity index is 777. The molecule has 0 radical (unpaired) electrons. The van der Waals surface area contributed by atoms with E-state index in [-0.39, 0.29) is 12.4 Å². The predicted molar refractivity (Wildman–Crippen MR) is 93.7 cm³/mol. The third kappa shape index (κ3) is 3.51. The molecule has 1 N–H and O–H groups in total. The van der Waals surface area contributed by atoms with Crippen LogP contribution in [0.3, 0.4) is 0 Å². The van der Waals surface area contributed by atoms with Crippen LogP contribution in [0.4, 0.5) is 0 Å². The summed E-state index contributed by atoms with van der Waals surface area (Å²) in [5.41, 5.74) is 2.13. The number of ether oxygens (including phenoxy) is 3. The number of aliphatic carboxylic acids is 1. The van der Waals surface area contributed by atoms with Crippen molar-refractivity contribution in [2.24, 2.45) is 0 Å². The van der Waals surface area contributed by atoms with Crippen molar-refractivity contribution < 1.29 is 24.1 Å². The van der Waals surface area contributed by atoms with Gasteiger partial charge in [0.05, 0.1) is 7.11 Å². The SMILES string of the molecule is CCc1cccc2c(/C=C(/C)C(=O)O)cc(OC)c(OCOC)c12. The monoisotopic (exact) mass is 330 g/mol. The number of aryl methyl sites for hydroxylation is 1. The lowest BCUT2D eigenvalue weighted by Crippen LogP contribution is -2.03. The molecule has 0 spiro atoms. The maximum absolute atomic E-state index is 11.2. The van der Waals surface area contributed by atoms with E-state index in [0.717, 1.165) is 28.3 Å². The van der Waals surface area contributed by atoms with Crippen LogP contribution < -0.4 is 9.47 Å². The number of methoxy groups -OCH3 is 2. The van der Waals surface area contributed by atoms with Gasteiger partial charge in [0, 0.05) is 18.1 Å². The van der Waals surface area contributed by atoms with Gasteiger partial charge >= 0.3 is 5.97 Å². The van der Waals surface area contributed by atoms with Gasteiger partial charge in [-0.2, -0.15) is 0 Å². The van der Waals surface area contributed by atoms with Gasteiger partial charge in [0.25, 0.3) is 0 Å². The fraction of sp³-hybridized carbons (Fsp3) is 0.316. The molecule has 0 bridgehead atoms. The Balaban J connectivity index is 2.82. The molecular formula is C19H22O5. The molecule has 0 saturated carbocycles. The van der Waals surface area contributed by atoms with E-state index < -0.39 is 5.97 Å². The van der Waals surface area contributed by atoms with E-state index >= 15 is 0 Å². The predicted octanol–water partition coefficient (Wildman–Crippen LogP) is 3.88. The topological polar surface area (TPSA) is 65.0 Å². The Morgan fingerprint density at radius 3 is 2.62 bits per heavy atom. The molecule has 0 unspecified atom stereocenters. The van der Waals surface area contributed by atoms with Crippen molar-refractivity contribution in [1.29, 1.82) is 0 Å². The van der Waals surface area contributed by atoms with Crippen LogP contribution in [0.1, 0.15) is 25.0 Å². The van der Waals surface area contributed by atoms with Gasteiger partial charge in [-0.3, -0.25) is 0 Å². The van der Waals surface area contributed by atoms with Gasteiger partial charge in [-0.1, -0.05) is 25.1 Å². The second-order valence-electron chi connectivity index (χ2n) is 5.37. The summed E-state index contributed by atoms with van der Waals surface area (Å²) in [6, 6.07) is 7.73. The fourth-order valence-corrected chi connectivity index (χ4v) is 2.64. The summed E-state index contributed by atoms with van der Waals surface area (Å²) in [5.74, 6) is 0.204. The Labute approximate surface area is 141 Å². The van der Waals surface area contributed by atoms with Crippen LogP contribution in [-0.4, -0.2) is 32.1 Å². The Hall–Kier alpha value is -2.53. The smallest absolute Gasteiger partial charge is 0.331 e. The van der Waals surface area contributed by atoms with Crippen LogP contribution in [0.5, 0.6) is 11.5 Å². The highest BCUT2D eigenvalue weighted by Gasteiger charge is 2.16. The first-order valence-corrected chi connectivity index (χ1v) is 7.69. The van der Waals surface area contributed by atoms with E-state index in [0.29, 0.717) is 11.5 Å². The van der Waals surface area contributed by atoms with Gasteiger partial charge in [-0.25, -0.2) is 4.79 Å². The highest BCUT2D eigenvalue weighted by Crippen LogP contribution is 2.41. The van der Waals surface area contributed by atoms with Crippen LogP contribution in [0.25, 0.3) is 16.8 Å². The fourth-order valence-electron chi connectivity index (χ4n) is 2.64. The largest absolute Gasteiger partial charge is 0.493 e. The number of benzene rings is 2. The maximum Gasteiger partial charge on any atom is 0.331 e. The third-order valence-electron chi connectivity index (χ3n) is 3.83. The Kier molecular flexibility index (Phi) is 5.82. The normalized spacial score (nSPS) is 11.6. The van der Waals surface area contributed by atoms with Crippen molar-refractivity contribution in [1.82, 2.24) is 0 Å². The molecule has 0 aliphatic heterocycles. The van der Waals surface area contributed by atoms with Crippen molar-refractivity contribution in [2.75, 3.05) is 21.0 Å². The minimum absolute atomic E-state index is 0.104. The summed E-state index contributed by atoms with van der Waals surface area (Å²) < 4.78 is 16.3. The lowest BCUT2D eigenvalue weighted by Gasteiger charge is -2.17. The van der Waals surface area contributed by atoms with Crippen molar-refractivity contribution in [3.05, 3.63) is 41.0 Å². The van der Waals surface area contributed by atoms with E-state index in [1.54, 1.807) is 33.3 Å². The van der Waals surface area contributed by atoms with Crippen molar-refractivity contribution in [3.63, 3.8) is 0 Å². The zero-order valence-electron chi connectivity index (χ0n) is 14.4. The molecule has 0 heterocycles. The zero-order valence-corrected chi connectivity index (χ0v) is 14.4. The molecule has 0 amide bonds. The van der Waals surface area contributed by atoms with Crippen LogP contribution in [0.15, 0.2) is 29.8 Å². The van der Waals surface area contributed by atoms with E-state index in [4.69, 9.17) is 14.2 Å². The number of fused-ring (bicyclic) bond motifs is 1. The first-order valence-electron chi connectivity index (χ1n) is 7.69. The summed E-state index contributed by atoms with van der Waals surface area (Å²) in [4.78, 5) is 11.2. The van der Waals surface area contributed by atoms with Crippen molar-refractivity contribution in [3.8, 4) is 11.5 Å². The van der Waals surface area contributed by atoms with E-state index in [1.165, 1.54) is 0 Å². The second kappa shape index (κ2) is 7.84. The lowest BCUT2D eigenvalue weighted by molar-refractivity contribution is -0.132. The van der Waals surface area contributed by atoms with Crippen molar-refractivity contribution in [2.45, 2.75) is 20.3 Å². The number of hydrogen-bond donors (Lipinski definition) is 1. The van der Waals surface area contributed by atoms with E-state index in [2.05, 4.69) is 6.92 Å². The van der Waals surface area contributed by atoms with Gasteiger partial charge in [-0.15, -0.1) is 0 Å². The molecule has 2 aromatic carbocycles. The number of carboxylic acid groups (broad SMARTS) is 1. The van der Waals surface area contributed by atoms with Gasteiger partial charge in [-0.05, 0) is 42.0 Å². The molecular weight excluding hydrogens is 308 g/mol. The molecule has 5 nitrogen and oxygen atoms in total. The number of carbonyl (C=O) groups is 1. The molecule has 24 heavy (non-hydrogen) atoms. The summed E-state index contributed by atoms with van der Waals surface area (Å²) in [7, 11) is 3.12. The number of rotatable bonds is 7. The summed E-state index contributed by atoms with van der Waals surface area (Å²) in [5, 5.41) is 11.0. The van der Waals surface area contributed by atoms with Crippen LogP contribution >= 0.6 is 0 Å². The van der Waals surface area contributed by atoms with Crippen LogP contribution in [-0.2, 0) is 16.0 Å². The van der Waals surface area contributed by atoms with Gasteiger partial charge in [0.15, 0.2) is 18.3 Å². The summed E-state index contributed by atoms with van der Waals surface area (Å²) in [6.45, 7) is 3.73. The van der Waals surface area contributed by atoms with Crippen LogP contribution in [0.2, 0.25) is 0 Å². The molecule has 2 aromatic rings.